The molecule has 3 rings (SSSR count). The number of hydrogen-bond acceptors (Lipinski definition) is 5. The van der Waals surface area contributed by atoms with E-state index in [1.807, 2.05) is 50.2 Å². The molecular formula is C22H28N4O. The number of pyridine rings is 1. The van der Waals surface area contributed by atoms with Gasteiger partial charge >= 0.3 is 0 Å². The van der Waals surface area contributed by atoms with E-state index in [-0.39, 0.29) is 11.7 Å². The zero-order valence-electron chi connectivity index (χ0n) is 16.1. The monoisotopic (exact) mass is 364 g/mol. The third-order valence-corrected chi connectivity index (χ3v) is 4.29. The Balaban J connectivity index is 0.00000126. The molecule has 0 spiro atoms. The predicted octanol–water partition coefficient (Wildman–Crippen LogP) is 4.24. The summed E-state index contributed by atoms with van der Waals surface area (Å²) in [7, 11) is 1.65. The zero-order valence-corrected chi connectivity index (χ0v) is 16.1. The fourth-order valence-corrected chi connectivity index (χ4v) is 3.02. The molecule has 0 bridgehead atoms. The van der Waals surface area contributed by atoms with E-state index in [0.29, 0.717) is 11.5 Å². The maximum absolute atomic E-state index is 6.24. The second-order valence-electron chi connectivity index (χ2n) is 5.95. The number of ether oxygens (including phenoxy) is 1. The number of nitrogens with zero attached hydrogens (tertiary/aromatic N) is 1. The van der Waals surface area contributed by atoms with Gasteiger partial charge in [-0.25, -0.2) is 4.98 Å². The van der Waals surface area contributed by atoms with E-state index in [4.69, 9.17) is 21.9 Å². The Morgan fingerprint density at radius 1 is 0.926 bits per heavy atom. The molecule has 0 amide bonds. The first kappa shape index (κ1) is 20.1. The summed E-state index contributed by atoms with van der Waals surface area (Å²) in [5.74, 6) is 1.41. The predicted molar refractivity (Wildman–Crippen MR) is 114 cm³/mol. The van der Waals surface area contributed by atoms with Crippen molar-refractivity contribution in [3.05, 3.63) is 77.4 Å². The number of hydrogen-bond donors (Lipinski definition) is 3. The lowest BCUT2D eigenvalue weighted by molar-refractivity contribution is 0.414. The highest BCUT2D eigenvalue weighted by Gasteiger charge is 2.20. The van der Waals surface area contributed by atoms with Gasteiger partial charge in [-0.3, -0.25) is 0 Å². The van der Waals surface area contributed by atoms with Gasteiger partial charge in [-0.1, -0.05) is 56.3 Å². The van der Waals surface area contributed by atoms with Crippen molar-refractivity contribution in [2.45, 2.75) is 26.2 Å². The maximum atomic E-state index is 6.24. The highest BCUT2D eigenvalue weighted by molar-refractivity contribution is 5.68. The van der Waals surface area contributed by atoms with Crippen LogP contribution >= 0.6 is 0 Å². The highest BCUT2D eigenvalue weighted by atomic mass is 16.5. The van der Waals surface area contributed by atoms with Gasteiger partial charge in [0.15, 0.2) is 0 Å². The van der Waals surface area contributed by atoms with Gasteiger partial charge in [-0.05, 0) is 41.3 Å². The number of nitrogen functional groups attached to an aromatic ring is 3. The average molecular weight is 364 g/mol. The molecular weight excluding hydrogens is 336 g/mol. The van der Waals surface area contributed by atoms with Crippen LogP contribution in [-0.4, -0.2) is 12.1 Å². The molecule has 5 heteroatoms. The van der Waals surface area contributed by atoms with Gasteiger partial charge in [-0.2, -0.15) is 0 Å². The van der Waals surface area contributed by atoms with Crippen LogP contribution in [0.25, 0.3) is 0 Å². The molecule has 1 atom stereocenters. The van der Waals surface area contributed by atoms with Crippen LogP contribution in [0.4, 0.5) is 17.3 Å². The SMILES string of the molecule is CC.COc1cccc(C(Cc2ccccc2)c2cc(N)nc(N)c2N)c1. The number of rotatable bonds is 5. The van der Waals surface area contributed by atoms with Crippen molar-refractivity contribution in [1.82, 2.24) is 4.98 Å². The normalized spacial score (nSPS) is 11.2. The van der Waals surface area contributed by atoms with Crippen LogP contribution in [0.5, 0.6) is 5.75 Å². The fourth-order valence-electron chi connectivity index (χ4n) is 3.02. The Morgan fingerprint density at radius 3 is 2.30 bits per heavy atom. The minimum absolute atomic E-state index is 0.00917. The van der Waals surface area contributed by atoms with Crippen molar-refractivity contribution >= 4 is 17.3 Å². The van der Waals surface area contributed by atoms with E-state index in [1.165, 1.54) is 5.56 Å². The van der Waals surface area contributed by atoms with E-state index in [2.05, 4.69) is 23.2 Å². The molecule has 0 radical (unpaired) electrons. The minimum atomic E-state index is -0.00917. The lowest BCUT2D eigenvalue weighted by Crippen LogP contribution is -2.12. The van der Waals surface area contributed by atoms with Crippen molar-refractivity contribution in [1.29, 1.82) is 0 Å². The summed E-state index contributed by atoms with van der Waals surface area (Å²) in [4.78, 5) is 4.06. The standard InChI is InChI=1S/C20H22N4O.C2H6/c1-25-15-9-5-8-14(11-15)16(10-13-6-3-2-4-7-13)17-12-18(21)24-20(23)19(17)22;1-2/h2-9,11-12,16H,10,22H2,1H3,(H4,21,23,24);1-2H3. The summed E-state index contributed by atoms with van der Waals surface area (Å²) in [6.45, 7) is 4.00. The van der Waals surface area contributed by atoms with Gasteiger partial charge in [0.25, 0.3) is 0 Å². The van der Waals surface area contributed by atoms with Crippen LogP contribution in [0.2, 0.25) is 0 Å². The Bertz CT molecular complexity index is 865. The Morgan fingerprint density at radius 2 is 1.63 bits per heavy atom. The lowest BCUT2D eigenvalue weighted by atomic mass is 9.85. The molecule has 0 aliphatic carbocycles. The third-order valence-electron chi connectivity index (χ3n) is 4.29. The van der Waals surface area contributed by atoms with Crippen LogP contribution in [0.3, 0.4) is 0 Å². The summed E-state index contributed by atoms with van der Waals surface area (Å²) in [6, 6.07) is 20.0. The molecule has 0 saturated heterocycles. The molecule has 3 aromatic rings. The van der Waals surface area contributed by atoms with E-state index in [0.717, 1.165) is 23.3 Å². The zero-order chi connectivity index (χ0) is 19.8. The Kier molecular flexibility index (Phi) is 7.06. The molecule has 0 fully saturated rings. The first-order chi connectivity index (χ1) is 13.1. The van der Waals surface area contributed by atoms with E-state index in [1.54, 1.807) is 13.2 Å². The maximum Gasteiger partial charge on any atom is 0.149 e. The van der Waals surface area contributed by atoms with Crippen LogP contribution in [-0.2, 0) is 6.42 Å². The summed E-state index contributed by atoms with van der Waals surface area (Å²) in [5, 5.41) is 0. The van der Waals surface area contributed by atoms with E-state index in [9.17, 15) is 0 Å². The molecule has 142 valence electrons. The molecule has 2 aromatic carbocycles. The van der Waals surface area contributed by atoms with Crippen LogP contribution in [0.15, 0.2) is 60.7 Å². The van der Waals surface area contributed by atoms with Gasteiger partial charge in [0.1, 0.15) is 17.4 Å². The van der Waals surface area contributed by atoms with Crippen molar-refractivity contribution in [2.24, 2.45) is 0 Å². The quantitative estimate of drug-likeness (QED) is 0.629. The molecule has 1 heterocycles. The molecule has 0 saturated carbocycles. The molecule has 1 aromatic heterocycles. The van der Waals surface area contributed by atoms with Crippen LogP contribution in [0, 0.1) is 0 Å². The molecule has 27 heavy (non-hydrogen) atoms. The van der Waals surface area contributed by atoms with Gasteiger partial charge in [0.05, 0.1) is 12.8 Å². The smallest absolute Gasteiger partial charge is 0.149 e. The number of nitrogens with two attached hydrogens (primary N) is 3. The number of methoxy groups -OCH3 is 1. The minimum Gasteiger partial charge on any atom is -0.497 e. The summed E-state index contributed by atoms with van der Waals surface area (Å²) < 4.78 is 5.38. The summed E-state index contributed by atoms with van der Waals surface area (Å²) >= 11 is 0. The van der Waals surface area contributed by atoms with Crippen molar-refractivity contribution in [3.8, 4) is 5.75 Å². The number of anilines is 3. The average Bonchev–Trinajstić information content (AvgIpc) is 2.71. The largest absolute Gasteiger partial charge is 0.497 e. The van der Waals surface area contributed by atoms with Gasteiger partial charge in [-0.15, -0.1) is 0 Å². The first-order valence-corrected chi connectivity index (χ1v) is 9.07. The van der Waals surface area contributed by atoms with Gasteiger partial charge in [0, 0.05) is 5.92 Å². The summed E-state index contributed by atoms with van der Waals surface area (Å²) in [5.41, 5.74) is 21.7. The number of benzene rings is 2. The molecule has 0 aliphatic heterocycles. The van der Waals surface area contributed by atoms with Crippen molar-refractivity contribution < 1.29 is 4.74 Å². The molecule has 5 nitrogen and oxygen atoms in total. The third kappa shape index (κ3) is 4.91. The molecule has 6 N–H and O–H groups in total. The Hall–Kier alpha value is -3.21. The lowest BCUT2D eigenvalue weighted by Gasteiger charge is -2.21. The van der Waals surface area contributed by atoms with Crippen molar-refractivity contribution in [3.63, 3.8) is 0 Å². The second-order valence-corrected chi connectivity index (χ2v) is 5.95. The fraction of sp³-hybridized carbons (Fsp3) is 0.227. The second kappa shape index (κ2) is 9.48. The molecule has 0 aliphatic rings. The first-order valence-electron chi connectivity index (χ1n) is 9.07. The van der Waals surface area contributed by atoms with Gasteiger partial charge < -0.3 is 21.9 Å². The van der Waals surface area contributed by atoms with Crippen LogP contribution in [0.1, 0.15) is 36.5 Å². The van der Waals surface area contributed by atoms with Crippen LogP contribution < -0.4 is 21.9 Å². The van der Waals surface area contributed by atoms with Gasteiger partial charge in [0.2, 0.25) is 0 Å². The topological polar surface area (TPSA) is 100 Å². The van der Waals surface area contributed by atoms with Crippen molar-refractivity contribution in [2.75, 3.05) is 24.3 Å². The van der Waals surface area contributed by atoms with E-state index < -0.39 is 0 Å². The van der Waals surface area contributed by atoms with E-state index >= 15 is 0 Å². The number of aromatic nitrogens is 1. The highest BCUT2D eigenvalue weighted by Crippen LogP contribution is 2.36. The Labute approximate surface area is 161 Å². The molecule has 1 unspecified atom stereocenters. The summed E-state index contributed by atoms with van der Waals surface area (Å²) in [6.07, 6.45) is 0.765.